The van der Waals surface area contributed by atoms with Crippen molar-refractivity contribution in [2.24, 2.45) is 0 Å². The first-order chi connectivity index (χ1) is 9.83. The van der Waals surface area contributed by atoms with Crippen LogP contribution in [0.5, 0.6) is 0 Å². The molecule has 1 saturated heterocycles. The van der Waals surface area contributed by atoms with E-state index in [2.05, 4.69) is 70.7 Å². The molecule has 1 aliphatic rings. The van der Waals surface area contributed by atoms with Crippen molar-refractivity contribution in [3.8, 4) is 0 Å². The highest BCUT2D eigenvalue weighted by atomic mass is 79.9. The number of halogens is 1. The minimum Gasteiger partial charge on any atom is -0.144 e. The van der Waals surface area contributed by atoms with E-state index in [1.807, 2.05) is 0 Å². The molecule has 0 N–H and O–H groups in total. The molecule has 1 rings (SSSR count). The van der Waals surface area contributed by atoms with Crippen molar-refractivity contribution in [3.63, 3.8) is 0 Å². The standard InChI is InChI=1S/C17H29BrS2/c1-2-3-4-5-6-8-12-17(13-9-7-10-14-18)19-15-11-16-20-17/h6-8,10H,2-5,9,11-16H2,1H3/b8-6-,10-7+. The van der Waals surface area contributed by atoms with Crippen LogP contribution in [0.2, 0.25) is 0 Å². The van der Waals surface area contributed by atoms with Crippen molar-refractivity contribution in [2.45, 2.75) is 62.4 Å². The van der Waals surface area contributed by atoms with E-state index in [0.717, 1.165) is 5.33 Å². The second kappa shape index (κ2) is 12.2. The molecule has 0 saturated carbocycles. The van der Waals surface area contributed by atoms with Crippen LogP contribution < -0.4 is 0 Å². The maximum atomic E-state index is 3.45. The minimum absolute atomic E-state index is 0.455. The first-order valence-electron chi connectivity index (χ1n) is 7.97. The number of thioether (sulfide) groups is 2. The molecule has 0 aromatic heterocycles. The van der Waals surface area contributed by atoms with Gasteiger partial charge in [-0.1, -0.05) is 60.0 Å². The van der Waals surface area contributed by atoms with Gasteiger partial charge in [-0.25, -0.2) is 0 Å². The number of hydrogen-bond acceptors (Lipinski definition) is 2. The zero-order valence-electron chi connectivity index (χ0n) is 12.8. The molecule has 0 radical (unpaired) electrons. The lowest BCUT2D eigenvalue weighted by Crippen LogP contribution is -2.24. The van der Waals surface area contributed by atoms with Crippen molar-refractivity contribution < 1.29 is 0 Å². The Balaban J connectivity index is 2.36. The Morgan fingerprint density at radius 1 is 1.00 bits per heavy atom. The summed E-state index contributed by atoms with van der Waals surface area (Å²) in [6, 6.07) is 0. The Hall–Kier alpha value is 0.660. The SMILES string of the molecule is CCCCC/C=C\CC1(CC/C=C/CBr)SCCCS1. The van der Waals surface area contributed by atoms with Crippen LogP contribution in [0.25, 0.3) is 0 Å². The fraction of sp³-hybridized carbons (Fsp3) is 0.765. The lowest BCUT2D eigenvalue weighted by Gasteiger charge is -2.35. The molecule has 0 spiro atoms. The van der Waals surface area contributed by atoms with Crippen molar-refractivity contribution in [2.75, 3.05) is 16.8 Å². The third kappa shape index (κ3) is 8.19. The first kappa shape index (κ1) is 18.7. The van der Waals surface area contributed by atoms with Gasteiger partial charge in [0.1, 0.15) is 0 Å². The Labute approximate surface area is 142 Å². The van der Waals surface area contributed by atoms with E-state index < -0.39 is 0 Å². The average molecular weight is 377 g/mol. The lowest BCUT2D eigenvalue weighted by atomic mass is 10.1. The number of alkyl halides is 1. The van der Waals surface area contributed by atoms with Crippen LogP contribution in [-0.4, -0.2) is 20.9 Å². The number of hydrogen-bond donors (Lipinski definition) is 0. The van der Waals surface area contributed by atoms with Gasteiger partial charge in [0.25, 0.3) is 0 Å². The summed E-state index contributed by atoms with van der Waals surface area (Å²) in [7, 11) is 0. The molecule has 0 amide bonds. The molecule has 3 heteroatoms. The van der Waals surface area contributed by atoms with Gasteiger partial charge in [0.05, 0.1) is 4.08 Å². The molecule has 20 heavy (non-hydrogen) atoms. The van der Waals surface area contributed by atoms with Crippen LogP contribution >= 0.6 is 39.5 Å². The van der Waals surface area contributed by atoms with Gasteiger partial charge in [-0.15, -0.1) is 23.5 Å². The molecule has 0 aliphatic carbocycles. The Morgan fingerprint density at radius 2 is 1.75 bits per heavy atom. The van der Waals surface area contributed by atoms with Crippen LogP contribution in [0.15, 0.2) is 24.3 Å². The summed E-state index contributed by atoms with van der Waals surface area (Å²) in [5, 5.41) is 0.984. The second-order valence-corrected chi connectivity index (χ2v) is 9.16. The summed E-state index contributed by atoms with van der Waals surface area (Å²) in [5.74, 6) is 2.69. The quantitative estimate of drug-likeness (QED) is 0.233. The normalized spacial score (nSPS) is 19.1. The van der Waals surface area contributed by atoms with Crippen molar-refractivity contribution >= 4 is 39.5 Å². The van der Waals surface area contributed by atoms with Crippen molar-refractivity contribution in [1.82, 2.24) is 0 Å². The maximum Gasteiger partial charge on any atom is 0.0648 e. The molecule has 0 unspecified atom stereocenters. The molecule has 1 aliphatic heterocycles. The fourth-order valence-electron chi connectivity index (χ4n) is 2.36. The van der Waals surface area contributed by atoms with Gasteiger partial charge in [-0.2, -0.15) is 0 Å². The van der Waals surface area contributed by atoms with E-state index in [0.29, 0.717) is 4.08 Å². The van der Waals surface area contributed by atoms with Gasteiger partial charge in [-0.05, 0) is 50.0 Å². The molecule has 0 aromatic rings. The summed E-state index contributed by atoms with van der Waals surface area (Å²) in [6.07, 6.45) is 19.9. The van der Waals surface area contributed by atoms with Gasteiger partial charge in [0.15, 0.2) is 0 Å². The Morgan fingerprint density at radius 3 is 2.45 bits per heavy atom. The molecule has 1 fully saturated rings. The smallest absolute Gasteiger partial charge is 0.0648 e. The molecule has 0 nitrogen and oxygen atoms in total. The van der Waals surface area contributed by atoms with Crippen LogP contribution in [0.4, 0.5) is 0 Å². The second-order valence-electron chi connectivity index (χ2n) is 5.30. The molecule has 1 heterocycles. The van der Waals surface area contributed by atoms with Crippen molar-refractivity contribution in [1.29, 1.82) is 0 Å². The number of unbranched alkanes of at least 4 members (excludes halogenated alkanes) is 3. The molecule has 0 aromatic carbocycles. The molecule has 116 valence electrons. The predicted octanol–water partition coefficient (Wildman–Crippen LogP) is 6.81. The largest absolute Gasteiger partial charge is 0.144 e. The van der Waals surface area contributed by atoms with E-state index in [9.17, 15) is 0 Å². The van der Waals surface area contributed by atoms with Crippen LogP contribution in [-0.2, 0) is 0 Å². The molecular formula is C17H29BrS2. The first-order valence-corrected chi connectivity index (χ1v) is 11.1. The maximum absolute atomic E-state index is 3.45. The van der Waals surface area contributed by atoms with E-state index in [1.165, 1.54) is 62.9 Å². The summed E-state index contributed by atoms with van der Waals surface area (Å²) in [6.45, 7) is 2.27. The lowest BCUT2D eigenvalue weighted by molar-refractivity contribution is 0.712. The van der Waals surface area contributed by atoms with Gasteiger partial charge in [-0.3, -0.25) is 0 Å². The summed E-state index contributed by atoms with van der Waals surface area (Å²) < 4.78 is 0.455. The third-order valence-corrected chi connectivity index (χ3v) is 7.40. The fourth-order valence-corrected chi connectivity index (χ4v) is 5.91. The average Bonchev–Trinajstić information content (AvgIpc) is 2.48. The minimum atomic E-state index is 0.455. The van der Waals surface area contributed by atoms with E-state index in [4.69, 9.17) is 0 Å². The zero-order valence-corrected chi connectivity index (χ0v) is 16.0. The highest BCUT2D eigenvalue weighted by Gasteiger charge is 2.31. The highest BCUT2D eigenvalue weighted by molar-refractivity contribution is 9.09. The van der Waals surface area contributed by atoms with Crippen LogP contribution in [0.3, 0.4) is 0 Å². The monoisotopic (exact) mass is 376 g/mol. The summed E-state index contributed by atoms with van der Waals surface area (Å²) in [4.78, 5) is 0. The number of allylic oxidation sites excluding steroid dienone is 4. The molecule has 0 bridgehead atoms. The van der Waals surface area contributed by atoms with Gasteiger partial charge < -0.3 is 0 Å². The Kier molecular flexibility index (Phi) is 11.4. The predicted molar refractivity (Wildman–Crippen MR) is 102 cm³/mol. The highest BCUT2D eigenvalue weighted by Crippen LogP contribution is 2.48. The van der Waals surface area contributed by atoms with E-state index in [1.54, 1.807) is 0 Å². The van der Waals surface area contributed by atoms with Gasteiger partial charge in [0, 0.05) is 5.33 Å². The van der Waals surface area contributed by atoms with Crippen LogP contribution in [0, 0.1) is 0 Å². The van der Waals surface area contributed by atoms with Crippen LogP contribution in [0.1, 0.15) is 58.3 Å². The van der Waals surface area contributed by atoms with Crippen molar-refractivity contribution in [3.05, 3.63) is 24.3 Å². The van der Waals surface area contributed by atoms with E-state index in [-0.39, 0.29) is 0 Å². The number of rotatable bonds is 10. The topological polar surface area (TPSA) is 0 Å². The molecular weight excluding hydrogens is 348 g/mol. The third-order valence-electron chi connectivity index (χ3n) is 3.54. The van der Waals surface area contributed by atoms with Gasteiger partial charge in [0.2, 0.25) is 0 Å². The summed E-state index contributed by atoms with van der Waals surface area (Å²) in [5.41, 5.74) is 0. The zero-order chi connectivity index (χ0) is 14.5. The van der Waals surface area contributed by atoms with Gasteiger partial charge >= 0.3 is 0 Å². The Bertz CT molecular complexity index is 281. The molecule has 0 atom stereocenters. The van der Waals surface area contributed by atoms with E-state index >= 15 is 0 Å². The summed E-state index contributed by atoms with van der Waals surface area (Å²) >= 11 is 7.86.